The molecule has 0 heterocycles. The van der Waals surface area contributed by atoms with E-state index in [-0.39, 0.29) is 12.5 Å². The largest absolute Gasteiger partial charge is 0.395 e. The van der Waals surface area contributed by atoms with Crippen LogP contribution in [0.5, 0.6) is 0 Å². The van der Waals surface area contributed by atoms with E-state index in [0.717, 1.165) is 11.1 Å². The number of methoxy groups -OCH3 is 1. The van der Waals surface area contributed by atoms with Crippen LogP contribution in [0.15, 0.2) is 24.3 Å². The van der Waals surface area contributed by atoms with Crippen LogP contribution < -0.4 is 5.32 Å². The van der Waals surface area contributed by atoms with Crippen molar-refractivity contribution in [1.82, 2.24) is 5.32 Å². The average Bonchev–Trinajstić information content (AvgIpc) is 2.53. The van der Waals surface area contributed by atoms with Crippen molar-refractivity contribution in [3.05, 3.63) is 35.4 Å². The first-order valence-corrected chi connectivity index (χ1v) is 7.08. The SMILES string of the molecule is CCC(C)(OC)C(=O)NCc1ccccc1C#CCCO. The predicted octanol–water partition coefficient (Wildman–Crippen LogP) is 1.85. The third kappa shape index (κ3) is 4.89. The quantitative estimate of drug-likeness (QED) is 0.786. The Bertz CT molecular complexity index is 524. The molecule has 1 amide bonds. The highest BCUT2D eigenvalue weighted by atomic mass is 16.5. The summed E-state index contributed by atoms with van der Waals surface area (Å²) >= 11 is 0. The van der Waals surface area contributed by atoms with Gasteiger partial charge >= 0.3 is 0 Å². The van der Waals surface area contributed by atoms with E-state index in [1.54, 1.807) is 6.92 Å². The molecule has 4 nitrogen and oxygen atoms in total. The molecule has 0 aliphatic rings. The fourth-order valence-electron chi connectivity index (χ4n) is 1.77. The molecule has 0 bridgehead atoms. The van der Waals surface area contributed by atoms with E-state index in [9.17, 15) is 4.79 Å². The molecule has 1 aromatic rings. The zero-order valence-corrected chi connectivity index (χ0v) is 12.9. The van der Waals surface area contributed by atoms with Crippen LogP contribution in [0.1, 0.15) is 37.8 Å². The van der Waals surface area contributed by atoms with Gasteiger partial charge in [-0.05, 0) is 25.0 Å². The number of aliphatic hydroxyl groups excluding tert-OH is 1. The molecule has 0 spiro atoms. The second-order valence-corrected chi connectivity index (χ2v) is 4.90. The van der Waals surface area contributed by atoms with Gasteiger partial charge in [0.1, 0.15) is 5.60 Å². The first kappa shape index (κ1) is 17.2. The monoisotopic (exact) mass is 289 g/mol. The molecule has 21 heavy (non-hydrogen) atoms. The Morgan fingerprint density at radius 3 is 2.76 bits per heavy atom. The number of nitrogens with one attached hydrogen (secondary N) is 1. The number of amides is 1. The first-order valence-electron chi connectivity index (χ1n) is 7.08. The van der Waals surface area contributed by atoms with Crippen LogP contribution in [0.4, 0.5) is 0 Å². The van der Waals surface area contributed by atoms with Gasteiger partial charge in [-0.25, -0.2) is 0 Å². The third-order valence-electron chi connectivity index (χ3n) is 3.52. The highest BCUT2D eigenvalue weighted by Gasteiger charge is 2.30. The topological polar surface area (TPSA) is 58.6 Å². The molecule has 0 aliphatic heterocycles. The molecule has 0 saturated carbocycles. The number of benzene rings is 1. The van der Waals surface area contributed by atoms with Gasteiger partial charge in [0.25, 0.3) is 5.91 Å². The van der Waals surface area contributed by atoms with E-state index >= 15 is 0 Å². The molecule has 0 aromatic heterocycles. The molecule has 1 atom stereocenters. The number of rotatable bonds is 6. The van der Waals surface area contributed by atoms with Gasteiger partial charge in [0.05, 0.1) is 6.61 Å². The second kappa shape index (κ2) is 8.46. The van der Waals surface area contributed by atoms with Crippen LogP contribution in [-0.4, -0.2) is 30.3 Å². The average molecular weight is 289 g/mol. The second-order valence-electron chi connectivity index (χ2n) is 4.90. The lowest BCUT2D eigenvalue weighted by molar-refractivity contribution is -0.142. The van der Waals surface area contributed by atoms with Gasteiger partial charge in [-0.3, -0.25) is 4.79 Å². The molecular formula is C17H23NO3. The number of hydrogen-bond acceptors (Lipinski definition) is 3. The van der Waals surface area contributed by atoms with Crippen molar-refractivity contribution in [2.45, 2.75) is 38.8 Å². The molecule has 1 aromatic carbocycles. The third-order valence-corrected chi connectivity index (χ3v) is 3.52. The lowest BCUT2D eigenvalue weighted by atomic mass is 10.0. The fraction of sp³-hybridized carbons (Fsp3) is 0.471. The molecule has 2 N–H and O–H groups in total. The number of carbonyl (C=O) groups excluding carboxylic acids is 1. The molecule has 0 fully saturated rings. The predicted molar refractivity (Wildman–Crippen MR) is 82.6 cm³/mol. The lowest BCUT2D eigenvalue weighted by Crippen LogP contribution is -2.45. The molecule has 4 heteroatoms. The normalized spacial score (nSPS) is 13.0. The van der Waals surface area contributed by atoms with Crippen molar-refractivity contribution in [1.29, 1.82) is 0 Å². The zero-order valence-electron chi connectivity index (χ0n) is 12.9. The molecule has 0 saturated heterocycles. The number of hydrogen-bond donors (Lipinski definition) is 2. The van der Waals surface area contributed by atoms with Gasteiger partial charge in [0.2, 0.25) is 0 Å². The Labute approximate surface area is 126 Å². The minimum absolute atomic E-state index is 0.0502. The van der Waals surface area contributed by atoms with Crippen molar-refractivity contribution >= 4 is 5.91 Å². The summed E-state index contributed by atoms with van der Waals surface area (Å²) in [4.78, 5) is 12.2. The Hall–Kier alpha value is -1.83. The highest BCUT2D eigenvalue weighted by Crippen LogP contribution is 2.15. The van der Waals surface area contributed by atoms with Crippen LogP contribution in [0.25, 0.3) is 0 Å². The summed E-state index contributed by atoms with van der Waals surface area (Å²) < 4.78 is 5.28. The van der Waals surface area contributed by atoms with Crippen molar-refractivity contribution in [3.63, 3.8) is 0 Å². The number of aliphatic hydroxyl groups is 1. The fourth-order valence-corrected chi connectivity index (χ4v) is 1.77. The molecule has 1 rings (SSSR count). The number of carbonyl (C=O) groups is 1. The Kier molecular flexibility index (Phi) is 6.93. The van der Waals surface area contributed by atoms with Gasteiger partial charge in [0, 0.05) is 25.6 Å². The zero-order chi connectivity index (χ0) is 15.7. The van der Waals surface area contributed by atoms with Crippen LogP contribution >= 0.6 is 0 Å². The first-order chi connectivity index (χ1) is 10.1. The summed E-state index contributed by atoms with van der Waals surface area (Å²) in [6.07, 6.45) is 1.05. The van der Waals surface area contributed by atoms with E-state index in [1.165, 1.54) is 7.11 Å². The van der Waals surface area contributed by atoms with Crippen molar-refractivity contribution in [2.24, 2.45) is 0 Å². The van der Waals surface area contributed by atoms with Crippen LogP contribution in [-0.2, 0) is 16.1 Å². The van der Waals surface area contributed by atoms with Crippen LogP contribution in [0.2, 0.25) is 0 Å². The Morgan fingerprint density at radius 2 is 2.14 bits per heavy atom. The van der Waals surface area contributed by atoms with Gasteiger partial charge < -0.3 is 15.2 Å². The summed E-state index contributed by atoms with van der Waals surface area (Å²) in [6.45, 7) is 4.14. The summed E-state index contributed by atoms with van der Waals surface area (Å²) in [6, 6.07) is 7.65. The van der Waals surface area contributed by atoms with E-state index in [2.05, 4.69) is 17.2 Å². The minimum Gasteiger partial charge on any atom is -0.395 e. The Balaban J connectivity index is 2.77. The van der Waals surface area contributed by atoms with Gasteiger partial charge in [0.15, 0.2) is 0 Å². The van der Waals surface area contributed by atoms with E-state index in [4.69, 9.17) is 9.84 Å². The summed E-state index contributed by atoms with van der Waals surface area (Å²) in [5, 5.41) is 11.7. The summed E-state index contributed by atoms with van der Waals surface area (Å²) in [7, 11) is 1.54. The molecular weight excluding hydrogens is 266 g/mol. The maximum absolute atomic E-state index is 12.2. The number of ether oxygens (including phenoxy) is 1. The molecule has 0 radical (unpaired) electrons. The maximum atomic E-state index is 12.2. The standard InChI is InChI=1S/C17H23NO3/c1-4-17(2,21-3)16(20)18-13-15-11-6-5-9-14(15)10-7-8-12-19/h5-6,9,11,19H,4,8,12-13H2,1-3H3,(H,18,20). The molecule has 114 valence electrons. The van der Waals surface area contributed by atoms with E-state index in [1.807, 2.05) is 31.2 Å². The van der Waals surface area contributed by atoms with Crippen molar-refractivity contribution in [2.75, 3.05) is 13.7 Å². The summed E-state index contributed by atoms with van der Waals surface area (Å²) in [5.74, 6) is 5.77. The summed E-state index contributed by atoms with van der Waals surface area (Å²) in [5.41, 5.74) is 1.00. The Morgan fingerprint density at radius 1 is 1.43 bits per heavy atom. The van der Waals surface area contributed by atoms with Gasteiger partial charge in [-0.1, -0.05) is 37.0 Å². The van der Waals surface area contributed by atoms with Gasteiger partial charge in [-0.15, -0.1) is 0 Å². The van der Waals surface area contributed by atoms with Crippen LogP contribution in [0.3, 0.4) is 0 Å². The smallest absolute Gasteiger partial charge is 0.252 e. The minimum atomic E-state index is -0.808. The van der Waals surface area contributed by atoms with Crippen LogP contribution in [0, 0.1) is 11.8 Å². The van der Waals surface area contributed by atoms with Gasteiger partial charge in [-0.2, -0.15) is 0 Å². The molecule has 0 aliphatic carbocycles. The van der Waals surface area contributed by atoms with E-state index in [0.29, 0.717) is 19.4 Å². The molecule has 1 unspecified atom stereocenters. The maximum Gasteiger partial charge on any atom is 0.252 e. The lowest BCUT2D eigenvalue weighted by Gasteiger charge is -2.25. The van der Waals surface area contributed by atoms with Crippen molar-refractivity contribution < 1.29 is 14.6 Å². The highest BCUT2D eigenvalue weighted by molar-refractivity contribution is 5.84. The van der Waals surface area contributed by atoms with E-state index < -0.39 is 5.60 Å². The van der Waals surface area contributed by atoms with Crippen molar-refractivity contribution in [3.8, 4) is 11.8 Å².